The number of nitrogens with zero attached hydrogens (tertiary/aromatic N) is 2. The fourth-order valence-electron chi connectivity index (χ4n) is 3.39. The molecule has 1 aliphatic heterocycles. The lowest BCUT2D eigenvalue weighted by molar-refractivity contribution is 0.608. The Bertz CT molecular complexity index is 694. The molecule has 0 aliphatic carbocycles. The molecule has 32 heavy (non-hydrogen) atoms. The van der Waals surface area contributed by atoms with Gasteiger partial charge in [-0.15, -0.1) is 0 Å². The van der Waals surface area contributed by atoms with Crippen molar-refractivity contribution in [2.45, 2.75) is 19.3 Å². The number of anilines is 4. The van der Waals surface area contributed by atoms with Crippen LogP contribution in [0, 0.1) is 0 Å². The lowest BCUT2D eigenvalue weighted by Crippen LogP contribution is -2.28. The predicted molar refractivity (Wildman–Crippen MR) is 135 cm³/mol. The van der Waals surface area contributed by atoms with Crippen LogP contribution in [0.15, 0.2) is 36.4 Å². The predicted octanol–water partition coefficient (Wildman–Crippen LogP) is 1.78. The third-order valence-electron chi connectivity index (χ3n) is 5.09. The van der Waals surface area contributed by atoms with Crippen molar-refractivity contribution in [2.24, 2.45) is 0 Å². The molecule has 0 radical (unpaired) electrons. The van der Waals surface area contributed by atoms with Crippen LogP contribution in [-0.2, 0) is 0 Å². The Morgan fingerprint density at radius 2 is 0.750 bits per heavy atom. The minimum absolute atomic E-state index is 0.860. The molecule has 9 heteroatoms. The van der Waals surface area contributed by atoms with Crippen LogP contribution in [0.25, 0.3) is 0 Å². The zero-order chi connectivity index (χ0) is 22.1. The number of pyridine rings is 2. The molecule has 3 rings (SSSR count). The van der Waals surface area contributed by atoms with Crippen molar-refractivity contribution in [1.82, 2.24) is 25.9 Å². The molecule has 0 saturated heterocycles. The Labute approximate surface area is 192 Å². The first-order valence-corrected chi connectivity index (χ1v) is 11.9. The average Bonchev–Trinajstić information content (AvgIpc) is 2.81. The highest BCUT2D eigenvalue weighted by Crippen LogP contribution is 2.09. The minimum atomic E-state index is 0.860. The largest absolute Gasteiger partial charge is 0.370 e. The van der Waals surface area contributed by atoms with Gasteiger partial charge in [-0.25, -0.2) is 9.97 Å². The Balaban J connectivity index is 1.42. The summed E-state index contributed by atoms with van der Waals surface area (Å²) >= 11 is 0. The average molecular weight is 442 g/mol. The van der Waals surface area contributed by atoms with E-state index in [1.54, 1.807) is 0 Å². The molecular weight excluding hydrogens is 402 g/mol. The van der Waals surface area contributed by atoms with Crippen LogP contribution in [0.2, 0.25) is 0 Å². The topological polar surface area (TPSA) is 110 Å². The second-order valence-electron chi connectivity index (χ2n) is 7.83. The molecule has 4 bridgehead atoms. The summed E-state index contributed by atoms with van der Waals surface area (Å²) in [6.45, 7) is 9.34. The van der Waals surface area contributed by atoms with Gasteiger partial charge < -0.3 is 37.2 Å². The van der Waals surface area contributed by atoms with Crippen LogP contribution in [0.4, 0.5) is 23.3 Å². The maximum atomic E-state index is 4.63. The van der Waals surface area contributed by atoms with E-state index in [9.17, 15) is 0 Å². The second-order valence-corrected chi connectivity index (χ2v) is 7.83. The van der Waals surface area contributed by atoms with E-state index in [1.807, 2.05) is 36.4 Å². The number of rotatable bonds is 0. The molecule has 0 amide bonds. The Hall–Kier alpha value is -2.62. The summed E-state index contributed by atoms with van der Waals surface area (Å²) < 4.78 is 0. The first-order chi connectivity index (χ1) is 15.9. The summed E-state index contributed by atoms with van der Waals surface area (Å²) in [6, 6.07) is 12.1. The van der Waals surface area contributed by atoms with Crippen molar-refractivity contribution < 1.29 is 0 Å². The Kier molecular flexibility index (Phi) is 11.4. The molecule has 0 atom stereocenters. The number of hydrogen-bond donors (Lipinski definition) is 7. The first-order valence-electron chi connectivity index (χ1n) is 11.9. The molecule has 0 spiro atoms. The van der Waals surface area contributed by atoms with Crippen molar-refractivity contribution in [2.75, 3.05) is 86.7 Å². The fourth-order valence-corrected chi connectivity index (χ4v) is 3.39. The van der Waals surface area contributed by atoms with E-state index in [-0.39, 0.29) is 0 Å². The second kappa shape index (κ2) is 15.2. The van der Waals surface area contributed by atoms with E-state index in [1.165, 1.54) is 0 Å². The highest BCUT2D eigenvalue weighted by molar-refractivity contribution is 5.45. The normalized spacial score (nSPS) is 18.2. The SMILES string of the molecule is c1cc2nc(c1)NCCNCCCNCCNc1cccc(n1)NCCCNCCCN2. The Morgan fingerprint density at radius 3 is 1.19 bits per heavy atom. The van der Waals surface area contributed by atoms with Gasteiger partial charge in [-0.05, 0) is 69.7 Å². The van der Waals surface area contributed by atoms with E-state index < -0.39 is 0 Å². The quantitative estimate of drug-likeness (QED) is 0.329. The molecule has 2 aromatic rings. The zero-order valence-corrected chi connectivity index (χ0v) is 19.1. The summed E-state index contributed by atoms with van der Waals surface area (Å²) in [5.41, 5.74) is 0. The first kappa shape index (κ1) is 24.0. The van der Waals surface area contributed by atoms with Crippen LogP contribution in [0.3, 0.4) is 0 Å². The van der Waals surface area contributed by atoms with Crippen LogP contribution in [0.1, 0.15) is 19.3 Å². The number of hydrogen-bond acceptors (Lipinski definition) is 9. The molecule has 9 nitrogen and oxygen atoms in total. The van der Waals surface area contributed by atoms with Gasteiger partial charge in [0.05, 0.1) is 0 Å². The number of nitrogens with one attached hydrogen (secondary N) is 7. The molecule has 7 N–H and O–H groups in total. The van der Waals surface area contributed by atoms with Gasteiger partial charge in [0.2, 0.25) is 0 Å². The van der Waals surface area contributed by atoms with Crippen molar-refractivity contribution in [3.05, 3.63) is 36.4 Å². The number of fused-ring (bicyclic) bond motifs is 4. The van der Waals surface area contributed by atoms with Crippen LogP contribution >= 0.6 is 0 Å². The smallest absolute Gasteiger partial charge is 0.128 e. The van der Waals surface area contributed by atoms with Crippen LogP contribution in [0.5, 0.6) is 0 Å². The van der Waals surface area contributed by atoms with Gasteiger partial charge in [-0.2, -0.15) is 0 Å². The van der Waals surface area contributed by atoms with Gasteiger partial charge in [0, 0.05) is 39.3 Å². The summed E-state index contributed by atoms with van der Waals surface area (Å²) in [6.07, 6.45) is 3.21. The van der Waals surface area contributed by atoms with Crippen molar-refractivity contribution in [3.63, 3.8) is 0 Å². The lowest BCUT2D eigenvalue weighted by Gasteiger charge is -2.12. The third kappa shape index (κ3) is 10.1. The molecule has 0 aromatic carbocycles. The van der Waals surface area contributed by atoms with Gasteiger partial charge in [-0.1, -0.05) is 12.1 Å². The van der Waals surface area contributed by atoms with E-state index in [0.717, 1.165) is 108 Å². The van der Waals surface area contributed by atoms with Crippen molar-refractivity contribution >= 4 is 23.3 Å². The highest BCUT2D eigenvalue weighted by atomic mass is 15.1. The van der Waals surface area contributed by atoms with Crippen molar-refractivity contribution in [1.29, 1.82) is 0 Å². The fraction of sp³-hybridized carbons (Fsp3) is 0.565. The molecule has 1 aliphatic rings. The van der Waals surface area contributed by atoms with Crippen LogP contribution < -0.4 is 37.2 Å². The standard InChI is InChI=1S/C23H39N9/c1-6-20-27-14-4-12-24-13-5-15-28-21-7-2-9-23(32-21)30-19-17-26-11-3-10-25-16-18-29-22(8-1)31-20/h1-2,6-9,24-26H,3-5,10-19H2,(H2,27,29,31)(H2,28,30,32). The minimum Gasteiger partial charge on any atom is -0.370 e. The van der Waals surface area contributed by atoms with Gasteiger partial charge >= 0.3 is 0 Å². The van der Waals surface area contributed by atoms with Gasteiger partial charge in [-0.3, -0.25) is 0 Å². The highest BCUT2D eigenvalue weighted by Gasteiger charge is 1.99. The Morgan fingerprint density at radius 1 is 0.406 bits per heavy atom. The zero-order valence-electron chi connectivity index (χ0n) is 19.1. The summed E-state index contributed by atoms with van der Waals surface area (Å²) in [7, 11) is 0. The van der Waals surface area contributed by atoms with Crippen molar-refractivity contribution in [3.8, 4) is 0 Å². The molecular formula is C23H39N9. The monoisotopic (exact) mass is 441 g/mol. The molecule has 2 aromatic heterocycles. The van der Waals surface area contributed by atoms with Crippen LogP contribution in [-0.4, -0.2) is 75.4 Å². The van der Waals surface area contributed by atoms with E-state index >= 15 is 0 Å². The summed E-state index contributed by atoms with van der Waals surface area (Å²) in [5, 5.41) is 24.0. The molecule has 0 saturated carbocycles. The summed E-state index contributed by atoms with van der Waals surface area (Å²) in [5.74, 6) is 3.67. The lowest BCUT2D eigenvalue weighted by atomic mass is 10.3. The molecule has 176 valence electrons. The third-order valence-corrected chi connectivity index (χ3v) is 5.09. The maximum Gasteiger partial charge on any atom is 0.128 e. The summed E-state index contributed by atoms with van der Waals surface area (Å²) in [4.78, 5) is 9.26. The molecule has 0 unspecified atom stereocenters. The molecule has 3 heterocycles. The van der Waals surface area contributed by atoms with E-state index in [4.69, 9.17) is 0 Å². The van der Waals surface area contributed by atoms with Gasteiger partial charge in [0.25, 0.3) is 0 Å². The maximum absolute atomic E-state index is 4.63. The van der Waals surface area contributed by atoms with E-state index in [2.05, 4.69) is 47.2 Å². The van der Waals surface area contributed by atoms with Gasteiger partial charge in [0.1, 0.15) is 23.3 Å². The number of aromatic nitrogens is 2. The van der Waals surface area contributed by atoms with Gasteiger partial charge in [0.15, 0.2) is 0 Å². The molecule has 0 fully saturated rings. The van der Waals surface area contributed by atoms with E-state index in [0.29, 0.717) is 0 Å².